The molecule has 16 heavy (non-hydrogen) atoms. The Hall–Kier alpha value is -1.72. The Bertz CT molecular complexity index is 474. The normalized spacial score (nSPS) is 16.0. The van der Waals surface area contributed by atoms with Crippen molar-refractivity contribution in [2.45, 2.75) is 13.1 Å². The van der Waals surface area contributed by atoms with E-state index >= 15 is 0 Å². The second-order valence-corrected chi connectivity index (χ2v) is 3.41. The third-order valence-electron chi connectivity index (χ3n) is 2.15. The molecule has 1 aromatic heterocycles. The van der Waals surface area contributed by atoms with Gasteiger partial charge < -0.3 is 0 Å². The fourth-order valence-electron chi connectivity index (χ4n) is 1.38. The van der Waals surface area contributed by atoms with E-state index in [2.05, 4.69) is 15.0 Å². The van der Waals surface area contributed by atoms with E-state index in [4.69, 9.17) is 0 Å². The molecule has 0 bridgehead atoms. The molecule has 2 rings (SSSR count). The number of rotatable bonds is 1. The molecular weight excluding hydrogens is 219 g/mol. The molecule has 1 aliphatic rings. The van der Waals surface area contributed by atoms with Crippen molar-refractivity contribution < 1.29 is 13.2 Å². The Balaban J connectivity index is 2.28. The average molecular weight is 227 g/mol. The number of alkyl halides is 3. The van der Waals surface area contributed by atoms with Crippen molar-refractivity contribution in [1.29, 1.82) is 0 Å². The second-order valence-electron chi connectivity index (χ2n) is 3.41. The molecule has 0 fully saturated rings. The maximum absolute atomic E-state index is 12.3. The molecule has 84 valence electrons. The third kappa shape index (κ3) is 2.10. The third-order valence-corrected chi connectivity index (χ3v) is 2.15. The van der Waals surface area contributed by atoms with Crippen molar-refractivity contribution in [3.63, 3.8) is 0 Å². The summed E-state index contributed by atoms with van der Waals surface area (Å²) in [6.45, 7) is 1.78. The van der Waals surface area contributed by atoms with Crippen molar-refractivity contribution in [1.82, 2.24) is 9.97 Å². The number of nitrogens with zero attached hydrogens (tertiary/aromatic N) is 3. The topological polar surface area (TPSA) is 38.1 Å². The molecule has 2 heterocycles. The van der Waals surface area contributed by atoms with Crippen molar-refractivity contribution in [2.24, 2.45) is 4.99 Å². The van der Waals surface area contributed by atoms with Gasteiger partial charge in [0.2, 0.25) is 0 Å². The molecule has 1 aliphatic heterocycles. The van der Waals surface area contributed by atoms with Crippen LogP contribution in [0.2, 0.25) is 0 Å². The van der Waals surface area contributed by atoms with Crippen LogP contribution in [0, 0.1) is 6.92 Å². The van der Waals surface area contributed by atoms with Gasteiger partial charge in [0.25, 0.3) is 0 Å². The lowest BCUT2D eigenvalue weighted by atomic mass is 10.1. The van der Waals surface area contributed by atoms with Gasteiger partial charge in [-0.15, -0.1) is 0 Å². The number of aromatic nitrogens is 2. The number of hydrogen-bond donors (Lipinski definition) is 0. The molecule has 0 aromatic carbocycles. The highest BCUT2D eigenvalue weighted by Crippen LogP contribution is 2.26. The largest absolute Gasteiger partial charge is 0.432 e. The number of hydrogen-bond acceptors (Lipinski definition) is 3. The van der Waals surface area contributed by atoms with Crippen molar-refractivity contribution in [2.75, 3.05) is 6.54 Å². The van der Waals surface area contributed by atoms with Gasteiger partial charge in [0.05, 0.1) is 12.2 Å². The Labute approximate surface area is 89.8 Å². The molecule has 0 amide bonds. The summed E-state index contributed by atoms with van der Waals surface area (Å²) in [4.78, 5) is 11.2. The van der Waals surface area contributed by atoms with Gasteiger partial charge in [-0.2, -0.15) is 13.2 Å². The zero-order chi connectivity index (χ0) is 11.8. The molecule has 0 aliphatic carbocycles. The standard InChI is InChI=1S/C10H8F3N3/c1-6-2-8(16-5-15-6)7-3-9(14-4-7)10(11,12)13/h2-3,5H,4H2,1H3. The molecule has 0 unspecified atom stereocenters. The lowest BCUT2D eigenvalue weighted by molar-refractivity contribution is -0.0576. The summed E-state index contributed by atoms with van der Waals surface area (Å²) < 4.78 is 37.0. The van der Waals surface area contributed by atoms with Crippen LogP contribution in [0.1, 0.15) is 11.4 Å². The molecule has 0 radical (unpaired) electrons. The predicted molar refractivity (Wildman–Crippen MR) is 53.1 cm³/mol. The first-order valence-corrected chi connectivity index (χ1v) is 4.58. The van der Waals surface area contributed by atoms with E-state index in [-0.39, 0.29) is 6.54 Å². The van der Waals surface area contributed by atoms with Crippen LogP contribution in [0.15, 0.2) is 23.5 Å². The van der Waals surface area contributed by atoms with Gasteiger partial charge in [-0.1, -0.05) is 0 Å². The first-order valence-electron chi connectivity index (χ1n) is 4.58. The van der Waals surface area contributed by atoms with E-state index in [1.807, 2.05) is 0 Å². The van der Waals surface area contributed by atoms with Crippen LogP contribution >= 0.6 is 0 Å². The fourth-order valence-corrected chi connectivity index (χ4v) is 1.38. The Morgan fingerprint density at radius 3 is 2.56 bits per heavy atom. The first-order chi connectivity index (χ1) is 7.47. The van der Waals surface area contributed by atoms with Gasteiger partial charge in [-0.05, 0) is 19.1 Å². The lowest BCUT2D eigenvalue weighted by Crippen LogP contribution is -2.19. The van der Waals surface area contributed by atoms with Crippen LogP contribution in [-0.2, 0) is 0 Å². The van der Waals surface area contributed by atoms with Crippen LogP contribution < -0.4 is 0 Å². The van der Waals surface area contributed by atoms with Gasteiger partial charge >= 0.3 is 6.18 Å². The zero-order valence-corrected chi connectivity index (χ0v) is 8.41. The quantitative estimate of drug-likeness (QED) is 0.737. The molecule has 0 saturated carbocycles. The fraction of sp³-hybridized carbons (Fsp3) is 0.300. The Kier molecular flexibility index (Phi) is 2.49. The average Bonchev–Trinajstić information content (AvgIpc) is 2.65. The minimum atomic E-state index is -4.39. The summed E-state index contributed by atoms with van der Waals surface area (Å²) in [7, 11) is 0. The number of allylic oxidation sites excluding steroid dienone is 1. The van der Waals surface area contributed by atoms with E-state index < -0.39 is 11.9 Å². The highest BCUT2D eigenvalue weighted by Gasteiger charge is 2.36. The molecule has 0 N–H and O–H groups in total. The van der Waals surface area contributed by atoms with Crippen LogP contribution in [0.25, 0.3) is 5.57 Å². The van der Waals surface area contributed by atoms with Crippen LogP contribution in [0.3, 0.4) is 0 Å². The molecule has 3 nitrogen and oxygen atoms in total. The second kappa shape index (κ2) is 3.70. The van der Waals surface area contributed by atoms with Gasteiger partial charge in [0.1, 0.15) is 12.0 Å². The molecule has 6 heteroatoms. The first kappa shape index (κ1) is 10.8. The number of aryl methyl sites for hydroxylation is 1. The highest BCUT2D eigenvalue weighted by molar-refractivity contribution is 6.07. The van der Waals surface area contributed by atoms with E-state index in [1.165, 1.54) is 6.33 Å². The number of halogens is 3. The highest BCUT2D eigenvalue weighted by atomic mass is 19.4. The van der Waals surface area contributed by atoms with Crippen LogP contribution in [-0.4, -0.2) is 28.4 Å². The summed E-state index contributed by atoms with van der Waals surface area (Å²) in [5, 5.41) is 0. The summed E-state index contributed by atoms with van der Waals surface area (Å²) in [6, 6.07) is 1.64. The monoisotopic (exact) mass is 227 g/mol. The maximum Gasteiger partial charge on any atom is 0.432 e. The number of aliphatic imine (C=N–C) groups is 1. The van der Waals surface area contributed by atoms with Crippen molar-refractivity contribution >= 4 is 11.3 Å². The Morgan fingerprint density at radius 1 is 1.25 bits per heavy atom. The molecule has 1 aromatic rings. The van der Waals surface area contributed by atoms with E-state index in [9.17, 15) is 13.2 Å². The minimum Gasteiger partial charge on any atom is -0.276 e. The van der Waals surface area contributed by atoms with Gasteiger partial charge in [0.15, 0.2) is 0 Å². The molecular formula is C10H8F3N3. The van der Waals surface area contributed by atoms with Gasteiger partial charge in [-0.25, -0.2) is 9.97 Å². The summed E-state index contributed by atoms with van der Waals surface area (Å²) in [5.41, 5.74) is 0.832. The minimum absolute atomic E-state index is 0.0191. The van der Waals surface area contributed by atoms with Gasteiger partial charge in [-0.3, -0.25) is 4.99 Å². The Morgan fingerprint density at radius 2 is 2.00 bits per heavy atom. The molecule has 0 spiro atoms. The van der Waals surface area contributed by atoms with Crippen LogP contribution in [0.5, 0.6) is 0 Å². The van der Waals surface area contributed by atoms with Crippen LogP contribution in [0.4, 0.5) is 13.2 Å². The maximum atomic E-state index is 12.3. The zero-order valence-electron chi connectivity index (χ0n) is 8.41. The van der Waals surface area contributed by atoms with Crippen molar-refractivity contribution in [3.05, 3.63) is 29.9 Å². The van der Waals surface area contributed by atoms with E-state index in [0.29, 0.717) is 17.0 Å². The smallest absolute Gasteiger partial charge is 0.276 e. The molecule has 0 saturated heterocycles. The summed E-state index contributed by atoms with van der Waals surface area (Å²) in [5.74, 6) is 0. The van der Waals surface area contributed by atoms with Gasteiger partial charge in [0, 0.05) is 11.3 Å². The van der Waals surface area contributed by atoms with E-state index in [1.54, 1.807) is 13.0 Å². The van der Waals surface area contributed by atoms with Crippen molar-refractivity contribution in [3.8, 4) is 0 Å². The summed E-state index contributed by atoms with van der Waals surface area (Å²) >= 11 is 0. The van der Waals surface area contributed by atoms with E-state index in [0.717, 1.165) is 6.08 Å². The molecule has 0 atom stereocenters. The predicted octanol–water partition coefficient (Wildman–Crippen LogP) is 2.19. The summed E-state index contributed by atoms with van der Waals surface area (Å²) in [6.07, 6.45) is -2.03. The lowest BCUT2D eigenvalue weighted by Gasteiger charge is -2.02. The SMILES string of the molecule is Cc1cc(C2=CC(C(F)(F)F)=NC2)ncn1.